The molecule has 0 saturated carbocycles. The number of rotatable bonds is 8. The number of urea groups is 1. The van der Waals surface area contributed by atoms with E-state index in [1.165, 1.54) is 5.39 Å². The third-order valence-corrected chi connectivity index (χ3v) is 8.00. The molecule has 0 radical (unpaired) electrons. The minimum Gasteiger partial charge on any atom is -0.361 e. The number of para-hydroxylation sites is 1. The molecule has 3 N–H and O–H groups in total. The number of H-pyrrole nitrogens is 1. The molecule has 190 valence electrons. The Kier molecular flexibility index (Phi) is 7.36. The summed E-state index contributed by atoms with van der Waals surface area (Å²) in [6.07, 6.45) is 6.26. The Morgan fingerprint density at radius 3 is 2.86 bits per heavy atom. The van der Waals surface area contributed by atoms with Gasteiger partial charge in [0, 0.05) is 61.0 Å². The highest BCUT2D eigenvalue weighted by atomic mass is 32.2. The number of piperidine rings is 1. The zero-order valence-corrected chi connectivity index (χ0v) is 21.4. The summed E-state index contributed by atoms with van der Waals surface area (Å²) in [4.78, 5) is 43.7. The monoisotopic (exact) mass is 507 g/mol. The first-order valence-corrected chi connectivity index (χ1v) is 14.0. The molecule has 3 amide bonds. The minimum atomic E-state index is -0.579. The van der Waals surface area contributed by atoms with Gasteiger partial charge in [0.15, 0.2) is 0 Å². The summed E-state index contributed by atoms with van der Waals surface area (Å²) in [7, 11) is 0. The number of likely N-dealkylation sites (tertiary alicyclic amines) is 1. The number of carbonyl (C=O) groups excluding carboxylic acids is 2. The molecular formula is C27H33N5O3S. The molecule has 1 fully saturated rings. The normalized spacial score (nSPS) is 19.5. The van der Waals surface area contributed by atoms with Crippen molar-refractivity contribution in [1.82, 2.24) is 25.1 Å². The van der Waals surface area contributed by atoms with Crippen LogP contribution in [0.2, 0.25) is 0 Å². The number of nitrogens with one attached hydrogen (secondary N) is 3. The van der Waals surface area contributed by atoms with Crippen molar-refractivity contribution in [2.75, 3.05) is 31.6 Å². The van der Waals surface area contributed by atoms with Crippen LogP contribution in [0.3, 0.4) is 0 Å². The fourth-order valence-electron chi connectivity index (χ4n) is 5.59. The Bertz CT molecular complexity index is 1300. The van der Waals surface area contributed by atoms with E-state index in [1.807, 2.05) is 46.2 Å². The number of hydrogen-bond acceptors (Lipinski definition) is 4. The lowest BCUT2D eigenvalue weighted by Crippen LogP contribution is -2.56. The second-order valence-corrected chi connectivity index (χ2v) is 10.8. The van der Waals surface area contributed by atoms with E-state index in [-0.39, 0.29) is 29.3 Å². The summed E-state index contributed by atoms with van der Waals surface area (Å²) in [6, 6.07) is 12.7. The summed E-state index contributed by atoms with van der Waals surface area (Å²) in [5.74, 6) is 1.03. The number of pyridine rings is 1. The van der Waals surface area contributed by atoms with E-state index in [9.17, 15) is 14.4 Å². The minimum absolute atomic E-state index is 0.0292. The molecule has 9 heteroatoms. The number of hydrogen-bond donors (Lipinski definition) is 3. The zero-order valence-electron chi connectivity index (χ0n) is 20.5. The highest BCUT2D eigenvalue weighted by Crippen LogP contribution is 2.34. The Morgan fingerprint density at radius 2 is 2.00 bits per heavy atom. The second-order valence-electron chi connectivity index (χ2n) is 9.79. The van der Waals surface area contributed by atoms with Crippen LogP contribution in [0.5, 0.6) is 0 Å². The number of fused-ring (bicyclic) bond motifs is 5. The van der Waals surface area contributed by atoms with Gasteiger partial charge in [-0.25, -0.2) is 4.79 Å². The smallest absolute Gasteiger partial charge is 0.318 e. The summed E-state index contributed by atoms with van der Waals surface area (Å²) >= 11 is 1.66. The van der Waals surface area contributed by atoms with Crippen LogP contribution in [-0.4, -0.2) is 64.1 Å². The van der Waals surface area contributed by atoms with Gasteiger partial charge in [-0.3, -0.25) is 9.59 Å². The van der Waals surface area contributed by atoms with Crippen molar-refractivity contribution in [3.05, 3.63) is 70.3 Å². The Hall–Kier alpha value is -3.20. The van der Waals surface area contributed by atoms with Crippen molar-refractivity contribution in [1.29, 1.82) is 0 Å². The van der Waals surface area contributed by atoms with Gasteiger partial charge in [-0.1, -0.05) is 24.3 Å². The first-order valence-electron chi connectivity index (χ1n) is 12.6. The molecule has 3 atom stereocenters. The van der Waals surface area contributed by atoms with Crippen LogP contribution in [0, 0.1) is 5.92 Å². The van der Waals surface area contributed by atoms with E-state index < -0.39 is 6.04 Å². The van der Waals surface area contributed by atoms with Crippen LogP contribution in [0.1, 0.15) is 30.0 Å². The van der Waals surface area contributed by atoms with Crippen LogP contribution in [-0.2, 0) is 17.8 Å². The first kappa shape index (κ1) is 24.5. The summed E-state index contributed by atoms with van der Waals surface area (Å²) in [6.45, 7) is 2.30. The fraction of sp³-hybridized carbons (Fsp3) is 0.444. The van der Waals surface area contributed by atoms with Crippen molar-refractivity contribution in [3.8, 4) is 0 Å². The average molecular weight is 508 g/mol. The number of carbonyl (C=O) groups is 2. The topological polar surface area (TPSA) is 99.2 Å². The lowest BCUT2D eigenvalue weighted by atomic mass is 9.83. The van der Waals surface area contributed by atoms with Crippen LogP contribution >= 0.6 is 11.8 Å². The molecule has 2 bridgehead atoms. The van der Waals surface area contributed by atoms with Gasteiger partial charge in [-0.2, -0.15) is 11.8 Å². The number of aromatic amines is 1. The maximum absolute atomic E-state index is 13.2. The molecule has 2 aliphatic heterocycles. The van der Waals surface area contributed by atoms with Crippen molar-refractivity contribution in [2.24, 2.45) is 5.92 Å². The van der Waals surface area contributed by atoms with Gasteiger partial charge in [0.2, 0.25) is 5.91 Å². The van der Waals surface area contributed by atoms with Crippen LogP contribution < -0.4 is 16.2 Å². The van der Waals surface area contributed by atoms with Crippen molar-refractivity contribution < 1.29 is 9.59 Å². The molecule has 1 saturated heterocycles. The SMILES string of the molecule is CSCC[C@H](NC(=O)N1CC2CC(C1)c1cccc(=O)n1C2)C(=O)NCCc1c[nH]c2ccccc12. The largest absolute Gasteiger partial charge is 0.361 e. The fourth-order valence-corrected chi connectivity index (χ4v) is 6.06. The van der Waals surface area contributed by atoms with Gasteiger partial charge in [0.25, 0.3) is 5.56 Å². The Balaban J connectivity index is 1.19. The molecular weight excluding hydrogens is 474 g/mol. The van der Waals surface area contributed by atoms with Crippen LogP contribution in [0.4, 0.5) is 4.79 Å². The molecule has 1 aromatic carbocycles. The number of benzene rings is 1. The second kappa shape index (κ2) is 10.8. The molecule has 3 aromatic rings. The maximum Gasteiger partial charge on any atom is 0.318 e. The van der Waals surface area contributed by atoms with Crippen molar-refractivity contribution in [2.45, 2.75) is 37.8 Å². The molecule has 0 aliphatic carbocycles. The Morgan fingerprint density at radius 1 is 1.14 bits per heavy atom. The predicted molar refractivity (Wildman–Crippen MR) is 143 cm³/mol. The van der Waals surface area contributed by atoms with Crippen molar-refractivity contribution >= 4 is 34.6 Å². The zero-order chi connectivity index (χ0) is 25.1. The quantitative estimate of drug-likeness (QED) is 0.437. The lowest BCUT2D eigenvalue weighted by molar-refractivity contribution is -0.123. The summed E-state index contributed by atoms with van der Waals surface area (Å²) in [5.41, 5.74) is 3.28. The van der Waals surface area contributed by atoms with Gasteiger partial charge in [0.05, 0.1) is 0 Å². The van der Waals surface area contributed by atoms with Gasteiger partial charge < -0.3 is 25.1 Å². The van der Waals surface area contributed by atoms with E-state index in [1.54, 1.807) is 23.9 Å². The molecule has 36 heavy (non-hydrogen) atoms. The predicted octanol–water partition coefficient (Wildman–Crippen LogP) is 2.94. The number of amides is 3. The van der Waals surface area contributed by atoms with E-state index in [4.69, 9.17) is 0 Å². The standard InChI is InChI=1S/C27H33N5O3S/c1-36-12-10-23(26(34)28-11-9-19-14-29-22-6-3-2-5-21(19)22)30-27(35)31-15-18-13-20(17-31)24-7-4-8-25(33)32(24)16-18/h2-8,14,18,20,23,29H,9-13,15-17H2,1H3,(H,28,34)(H,30,35)/t18?,20?,23-/m0/s1. The van der Waals surface area contributed by atoms with E-state index >= 15 is 0 Å². The first-order chi connectivity index (χ1) is 17.5. The van der Waals surface area contributed by atoms with Crippen LogP contribution in [0.15, 0.2) is 53.5 Å². The molecule has 2 unspecified atom stereocenters. The molecule has 2 aliphatic rings. The molecule has 4 heterocycles. The van der Waals surface area contributed by atoms with Gasteiger partial charge in [-0.05, 0) is 54.9 Å². The highest BCUT2D eigenvalue weighted by Gasteiger charge is 2.37. The van der Waals surface area contributed by atoms with Gasteiger partial charge in [0.1, 0.15) is 6.04 Å². The Labute approximate surface area is 214 Å². The molecule has 5 rings (SSSR count). The average Bonchev–Trinajstić information content (AvgIpc) is 3.30. The van der Waals surface area contributed by atoms with E-state index in [0.717, 1.165) is 28.9 Å². The molecule has 8 nitrogen and oxygen atoms in total. The van der Waals surface area contributed by atoms with E-state index in [0.29, 0.717) is 39.0 Å². The van der Waals surface area contributed by atoms with Crippen LogP contribution in [0.25, 0.3) is 10.9 Å². The maximum atomic E-state index is 13.2. The lowest BCUT2D eigenvalue weighted by Gasteiger charge is -2.43. The van der Waals surface area contributed by atoms with Crippen molar-refractivity contribution in [3.63, 3.8) is 0 Å². The molecule has 0 spiro atoms. The number of aromatic nitrogens is 2. The third-order valence-electron chi connectivity index (χ3n) is 7.36. The number of thioether (sulfide) groups is 1. The van der Waals surface area contributed by atoms with Gasteiger partial charge >= 0.3 is 6.03 Å². The summed E-state index contributed by atoms with van der Waals surface area (Å²) < 4.78 is 1.86. The van der Waals surface area contributed by atoms with Gasteiger partial charge in [-0.15, -0.1) is 0 Å². The highest BCUT2D eigenvalue weighted by molar-refractivity contribution is 7.98. The third kappa shape index (κ3) is 5.16. The summed E-state index contributed by atoms with van der Waals surface area (Å²) in [5, 5.41) is 7.20. The number of nitrogens with zero attached hydrogens (tertiary/aromatic N) is 2. The van der Waals surface area contributed by atoms with E-state index in [2.05, 4.69) is 21.7 Å². The molecule has 2 aromatic heterocycles.